The highest BCUT2D eigenvalue weighted by Gasteiger charge is 2.19. The molecule has 3 nitrogen and oxygen atoms in total. The van der Waals surface area contributed by atoms with Crippen LogP contribution in [0.5, 0.6) is 0 Å². The fraction of sp³-hybridized carbons (Fsp3) is 0.333. The summed E-state index contributed by atoms with van der Waals surface area (Å²) in [6.45, 7) is 5.04. The first kappa shape index (κ1) is 14.2. The zero-order chi connectivity index (χ0) is 13.7. The number of Topliss-reactive ketones (excluding diaryl/α,β-unsaturated/α-hetero) is 1. The summed E-state index contributed by atoms with van der Waals surface area (Å²) < 4.78 is 0. The van der Waals surface area contributed by atoms with Crippen molar-refractivity contribution in [2.45, 2.75) is 26.7 Å². The van der Waals surface area contributed by atoms with E-state index in [4.69, 9.17) is 0 Å². The Morgan fingerprint density at radius 3 is 2.22 bits per heavy atom. The van der Waals surface area contributed by atoms with E-state index in [0.717, 1.165) is 5.56 Å². The van der Waals surface area contributed by atoms with Crippen LogP contribution in [0.1, 0.15) is 32.3 Å². The number of nitrogens with zero attached hydrogens (tertiary/aromatic N) is 1. The zero-order valence-electron chi connectivity index (χ0n) is 11.3. The van der Waals surface area contributed by atoms with Crippen molar-refractivity contribution in [2.24, 2.45) is 4.99 Å². The van der Waals surface area contributed by atoms with Gasteiger partial charge in [-0.3, -0.25) is 9.79 Å². The molecule has 1 N–H and O–H groups in total. The Balaban J connectivity index is 3.24. The molecule has 0 aliphatic rings. The average molecular weight is 245 g/mol. The van der Waals surface area contributed by atoms with Crippen LogP contribution in [-0.4, -0.2) is 23.6 Å². The molecule has 0 spiro atoms. The lowest BCUT2D eigenvalue weighted by atomic mass is 9.93. The van der Waals surface area contributed by atoms with E-state index in [1.54, 1.807) is 14.0 Å². The zero-order valence-corrected chi connectivity index (χ0v) is 11.3. The number of aliphatic hydroxyl groups excluding tert-OH is 1. The number of ketones is 1. The molecule has 1 aromatic rings. The normalized spacial score (nSPS) is 15.0. The Hall–Kier alpha value is -1.90. The number of rotatable bonds is 4. The quantitative estimate of drug-likeness (QED) is 0.502. The van der Waals surface area contributed by atoms with Crippen molar-refractivity contribution >= 4 is 11.5 Å². The second kappa shape index (κ2) is 6.15. The molecule has 0 aliphatic heterocycles. The SMILES string of the molecule is CN=C(C)/C(C(C)=O)=C(\O)C(C)c1ccccc1. The lowest BCUT2D eigenvalue weighted by Gasteiger charge is -2.15. The van der Waals surface area contributed by atoms with Crippen molar-refractivity contribution in [3.05, 3.63) is 47.2 Å². The van der Waals surface area contributed by atoms with Crippen LogP contribution in [0.3, 0.4) is 0 Å². The monoisotopic (exact) mass is 245 g/mol. The van der Waals surface area contributed by atoms with Gasteiger partial charge in [0.05, 0.1) is 5.57 Å². The first-order valence-corrected chi connectivity index (χ1v) is 5.91. The molecule has 96 valence electrons. The number of allylic oxidation sites excluding steroid dienone is 2. The van der Waals surface area contributed by atoms with Gasteiger partial charge >= 0.3 is 0 Å². The van der Waals surface area contributed by atoms with Gasteiger partial charge in [-0.25, -0.2) is 0 Å². The van der Waals surface area contributed by atoms with Gasteiger partial charge in [0.2, 0.25) is 0 Å². The van der Waals surface area contributed by atoms with Crippen LogP contribution in [-0.2, 0) is 4.79 Å². The molecule has 0 aromatic heterocycles. The van der Waals surface area contributed by atoms with Gasteiger partial charge in [0.25, 0.3) is 0 Å². The number of carbonyl (C=O) groups is 1. The Labute approximate surface area is 108 Å². The van der Waals surface area contributed by atoms with E-state index in [2.05, 4.69) is 4.99 Å². The van der Waals surface area contributed by atoms with Crippen molar-refractivity contribution < 1.29 is 9.90 Å². The van der Waals surface area contributed by atoms with Crippen molar-refractivity contribution in [1.82, 2.24) is 0 Å². The van der Waals surface area contributed by atoms with Gasteiger partial charge in [-0.15, -0.1) is 0 Å². The van der Waals surface area contributed by atoms with Gasteiger partial charge in [-0.2, -0.15) is 0 Å². The lowest BCUT2D eigenvalue weighted by Crippen LogP contribution is -2.13. The standard InChI is InChI=1S/C15H19NO2/c1-10(13-8-6-5-7-9-13)15(18)14(12(3)17)11(2)16-4/h5-10,18H,1-4H3/b15-14+,16-11?. The summed E-state index contributed by atoms with van der Waals surface area (Å²) in [4.78, 5) is 15.6. The maximum Gasteiger partial charge on any atom is 0.165 e. The Kier molecular flexibility index (Phi) is 4.84. The van der Waals surface area contributed by atoms with Crippen molar-refractivity contribution in [2.75, 3.05) is 7.05 Å². The minimum absolute atomic E-state index is 0.0804. The second-order valence-corrected chi connectivity index (χ2v) is 4.26. The molecule has 18 heavy (non-hydrogen) atoms. The molecular formula is C15H19NO2. The van der Waals surface area contributed by atoms with Gasteiger partial charge < -0.3 is 5.11 Å². The van der Waals surface area contributed by atoms with Crippen LogP contribution in [0, 0.1) is 0 Å². The maximum absolute atomic E-state index is 11.6. The van der Waals surface area contributed by atoms with E-state index in [-0.39, 0.29) is 17.5 Å². The third-order valence-electron chi connectivity index (χ3n) is 3.02. The second-order valence-electron chi connectivity index (χ2n) is 4.26. The molecule has 0 saturated carbocycles. The van der Waals surface area contributed by atoms with Gasteiger partial charge in [-0.05, 0) is 19.4 Å². The first-order chi connectivity index (χ1) is 8.49. The largest absolute Gasteiger partial charge is 0.511 e. The molecule has 3 heteroatoms. The highest BCUT2D eigenvalue weighted by atomic mass is 16.3. The summed E-state index contributed by atoms with van der Waals surface area (Å²) in [7, 11) is 1.61. The molecule has 1 atom stereocenters. The summed E-state index contributed by atoms with van der Waals surface area (Å²) in [5.41, 5.74) is 1.84. The molecule has 0 amide bonds. The van der Waals surface area contributed by atoms with Crippen LogP contribution in [0.25, 0.3) is 0 Å². The van der Waals surface area contributed by atoms with Crippen molar-refractivity contribution in [3.8, 4) is 0 Å². The molecule has 0 heterocycles. The third-order valence-corrected chi connectivity index (χ3v) is 3.02. The van der Waals surface area contributed by atoms with E-state index in [0.29, 0.717) is 11.3 Å². The average Bonchev–Trinajstić information content (AvgIpc) is 2.38. The Bertz CT molecular complexity index is 486. The fourth-order valence-electron chi connectivity index (χ4n) is 1.85. The first-order valence-electron chi connectivity index (χ1n) is 5.91. The van der Waals surface area contributed by atoms with E-state index < -0.39 is 0 Å². The summed E-state index contributed by atoms with van der Waals surface area (Å²) in [5, 5.41) is 10.3. The predicted octanol–water partition coefficient (Wildman–Crippen LogP) is 3.28. The highest BCUT2D eigenvalue weighted by molar-refractivity contribution is 6.21. The number of benzene rings is 1. The van der Waals surface area contributed by atoms with E-state index in [1.807, 2.05) is 37.3 Å². The number of hydrogen-bond acceptors (Lipinski definition) is 3. The van der Waals surface area contributed by atoms with Crippen LogP contribution in [0.4, 0.5) is 0 Å². The number of hydrogen-bond donors (Lipinski definition) is 1. The number of carbonyl (C=O) groups excluding carboxylic acids is 1. The molecule has 1 rings (SSSR count). The van der Waals surface area contributed by atoms with Crippen molar-refractivity contribution in [3.63, 3.8) is 0 Å². The molecule has 0 aliphatic carbocycles. The molecule has 1 aromatic carbocycles. The smallest absolute Gasteiger partial charge is 0.165 e. The number of aliphatic imine (C=N–C) groups is 1. The summed E-state index contributed by atoms with van der Waals surface area (Å²) in [5.74, 6) is -0.308. The minimum Gasteiger partial charge on any atom is -0.511 e. The topological polar surface area (TPSA) is 49.7 Å². The summed E-state index contributed by atoms with van der Waals surface area (Å²) in [6, 6.07) is 9.59. The molecule has 0 bridgehead atoms. The molecule has 0 saturated heterocycles. The lowest BCUT2D eigenvalue weighted by molar-refractivity contribution is -0.113. The van der Waals surface area contributed by atoms with Gasteiger partial charge in [0, 0.05) is 18.7 Å². The van der Waals surface area contributed by atoms with Gasteiger partial charge in [0.1, 0.15) is 5.76 Å². The van der Waals surface area contributed by atoms with Crippen LogP contribution in [0.15, 0.2) is 46.7 Å². The van der Waals surface area contributed by atoms with E-state index >= 15 is 0 Å². The van der Waals surface area contributed by atoms with Crippen molar-refractivity contribution in [1.29, 1.82) is 0 Å². The van der Waals surface area contributed by atoms with Gasteiger partial charge in [-0.1, -0.05) is 37.3 Å². The summed E-state index contributed by atoms with van der Waals surface area (Å²) >= 11 is 0. The fourth-order valence-corrected chi connectivity index (χ4v) is 1.85. The van der Waals surface area contributed by atoms with Crippen LogP contribution in [0.2, 0.25) is 0 Å². The summed E-state index contributed by atoms with van der Waals surface area (Å²) in [6.07, 6.45) is 0. The third kappa shape index (κ3) is 3.06. The highest BCUT2D eigenvalue weighted by Crippen LogP contribution is 2.25. The Morgan fingerprint density at radius 2 is 1.78 bits per heavy atom. The minimum atomic E-state index is -0.221. The molecule has 1 unspecified atom stereocenters. The van der Waals surface area contributed by atoms with Gasteiger partial charge in [0.15, 0.2) is 5.78 Å². The van der Waals surface area contributed by atoms with E-state index in [9.17, 15) is 9.90 Å². The maximum atomic E-state index is 11.6. The van der Waals surface area contributed by atoms with Crippen LogP contribution < -0.4 is 0 Å². The van der Waals surface area contributed by atoms with Crippen LogP contribution >= 0.6 is 0 Å². The Morgan fingerprint density at radius 1 is 1.22 bits per heavy atom. The molecular weight excluding hydrogens is 226 g/mol. The number of aliphatic hydroxyl groups is 1. The molecule has 0 fully saturated rings. The molecule has 0 radical (unpaired) electrons. The van der Waals surface area contributed by atoms with E-state index in [1.165, 1.54) is 6.92 Å². The predicted molar refractivity (Wildman–Crippen MR) is 74.2 cm³/mol.